The summed E-state index contributed by atoms with van der Waals surface area (Å²) in [6.07, 6.45) is 2.57. The summed E-state index contributed by atoms with van der Waals surface area (Å²) in [5, 5.41) is 11.2. The lowest BCUT2D eigenvalue weighted by Gasteiger charge is -2.15. The smallest absolute Gasteiger partial charge is 0.267 e. The Kier molecular flexibility index (Phi) is 6.76. The minimum absolute atomic E-state index is 0.111. The van der Waals surface area contributed by atoms with Crippen LogP contribution in [0.15, 0.2) is 48.5 Å². The quantitative estimate of drug-likeness (QED) is 0.429. The summed E-state index contributed by atoms with van der Waals surface area (Å²) in [5.74, 6) is -1.17. The van der Waals surface area contributed by atoms with Crippen LogP contribution in [0.5, 0.6) is 0 Å². The first kappa shape index (κ1) is 20.0. The molecule has 1 saturated heterocycles. The molecule has 1 aliphatic rings. The molecule has 3 rings (SSSR count). The van der Waals surface area contributed by atoms with Crippen LogP contribution in [0.2, 0.25) is 0 Å². The molecule has 0 aromatic heterocycles. The van der Waals surface area contributed by atoms with Gasteiger partial charge in [0, 0.05) is 18.7 Å². The van der Waals surface area contributed by atoms with Crippen LogP contribution in [0.3, 0.4) is 0 Å². The van der Waals surface area contributed by atoms with E-state index in [2.05, 4.69) is 34.5 Å². The average Bonchev–Trinajstić information content (AvgIpc) is 3.25. The van der Waals surface area contributed by atoms with E-state index in [1.165, 1.54) is 37.0 Å². The molecule has 1 heterocycles. The highest BCUT2D eigenvalue weighted by Gasteiger charge is 2.19. The number of hydrogen-bond donors (Lipinski definition) is 4. The number of carbonyl (C=O) groups is 2. The molecule has 2 aromatic rings. The molecule has 0 unspecified atom stereocenters. The lowest BCUT2D eigenvalue weighted by Crippen LogP contribution is -2.50. The van der Waals surface area contributed by atoms with Gasteiger partial charge in [-0.2, -0.15) is 0 Å². The number of nitrogens with one attached hydrogen (secondary N) is 2. The van der Waals surface area contributed by atoms with E-state index in [1.54, 1.807) is 12.1 Å². The summed E-state index contributed by atoms with van der Waals surface area (Å²) in [6.45, 7) is 3.23. The molecule has 0 saturated carbocycles. The lowest BCUT2D eigenvalue weighted by atomic mass is 10.0. The fraction of sp³-hybridized carbons (Fsp3) is 0.333. The van der Waals surface area contributed by atoms with Crippen molar-refractivity contribution in [1.82, 2.24) is 15.7 Å². The summed E-state index contributed by atoms with van der Waals surface area (Å²) in [4.78, 5) is 26.2. The Bertz CT molecular complexity index is 799. The third-order valence-corrected chi connectivity index (χ3v) is 5.01. The average molecular weight is 382 g/mol. The number of carbonyl (C=O) groups excluding carboxylic acids is 2. The van der Waals surface area contributed by atoms with Crippen molar-refractivity contribution in [3.8, 4) is 11.1 Å². The van der Waals surface area contributed by atoms with E-state index in [0.717, 1.165) is 17.7 Å². The van der Waals surface area contributed by atoms with Crippen molar-refractivity contribution < 1.29 is 14.8 Å². The maximum atomic E-state index is 12.3. The third kappa shape index (κ3) is 4.95. The SMILES string of the molecule is NC[C@H](NC(=O)c1ccc(-c2ccc(CN3CCCC3)cc2)cc1)C(=O)NO. The summed E-state index contributed by atoms with van der Waals surface area (Å²) in [7, 11) is 0. The number of benzene rings is 2. The normalized spacial score (nSPS) is 15.2. The second-order valence-corrected chi connectivity index (χ2v) is 7.00. The second kappa shape index (κ2) is 9.45. The van der Waals surface area contributed by atoms with Gasteiger partial charge < -0.3 is 11.1 Å². The zero-order valence-corrected chi connectivity index (χ0v) is 15.7. The maximum absolute atomic E-state index is 12.3. The third-order valence-electron chi connectivity index (χ3n) is 5.01. The number of hydrogen-bond acceptors (Lipinski definition) is 5. The van der Waals surface area contributed by atoms with Crippen molar-refractivity contribution >= 4 is 11.8 Å². The number of nitrogens with zero attached hydrogens (tertiary/aromatic N) is 1. The zero-order chi connectivity index (χ0) is 19.9. The number of amides is 2. The Morgan fingerprint density at radius 1 is 1.00 bits per heavy atom. The fourth-order valence-electron chi connectivity index (χ4n) is 3.37. The maximum Gasteiger partial charge on any atom is 0.267 e. The van der Waals surface area contributed by atoms with Crippen LogP contribution in [0.25, 0.3) is 11.1 Å². The Morgan fingerprint density at radius 2 is 1.57 bits per heavy atom. The van der Waals surface area contributed by atoms with Crippen molar-refractivity contribution in [2.75, 3.05) is 19.6 Å². The topological polar surface area (TPSA) is 108 Å². The highest BCUT2D eigenvalue weighted by molar-refractivity contribution is 5.97. The van der Waals surface area contributed by atoms with Crippen molar-refractivity contribution in [3.63, 3.8) is 0 Å². The molecule has 1 fully saturated rings. The first-order valence-corrected chi connectivity index (χ1v) is 9.47. The molecule has 148 valence electrons. The van der Waals surface area contributed by atoms with Gasteiger partial charge in [0.2, 0.25) is 0 Å². The van der Waals surface area contributed by atoms with Gasteiger partial charge in [0.1, 0.15) is 6.04 Å². The lowest BCUT2D eigenvalue weighted by molar-refractivity contribution is -0.130. The van der Waals surface area contributed by atoms with E-state index >= 15 is 0 Å². The number of rotatable bonds is 7. The van der Waals surface area contributed by atoms with E-state index in [0.29, 0.717) is 5.56 Å². The van der Waals surface area contributed by atoms with Crippen LogP contribution in [0.1, 0.15) is 28.8 Å². The minimum atomic E-state index is -0.986. The van der Waals surface area contributed by atoms with E-state index in [-0.39, 0.29) is 6.54 Å². The molecule has 2 amide bonds. The van der Waals surface area contributed by atoms with Crippen molar-refractivity contribution in [1.29, 1.82) is 0 Å². The van der Waals surface area contributed by atoms with Gasteiger partial charge in [0.25, 0.3) is 11.8 Å². The second-order valence-electron chi connectivity index (χ2n) is 7.00. The molecular weight excluding hydrogens is 356 g/mol. The van der Waals surface area contributed by atoms with Crippen LogP contribution < -0.4 is 16.5 Å². The molecule has 1 aliphatic heterocycles. The highest BCUT2D eigenvalue weighted by Crippen LogP contribution is 2.21. The number of nitrogens with two attached hydrogens (primary N) is 1. The Balaban J connectivity index is 1.63. The first-order valence-electron chi connectivity index (χ1n) is 9.47. The molecule has 1 atom stereocenters. The van der Waals surface area contributed by atoms with Crippen molar-refractivity contribution in [2.45, 2.75) is 25.4 Å². The first-order chi connectivity index (χ1) is 13.6. The number of likely N-dealkylation sites (tertiary alicyclic amines) is 1. The predicted molar refractivity (Wildman–Crippen MR) is 107 cm³/mol. The van der Waals surface area contributed by atoms with Crippen LogP contribution in [-0.2, 0) is 11.3 Å². The standard InChI is InChI=1S/C21H26N4O3/c22-13-19(21(27)24-28)23-20(26)18-9-7-17(8-10-18)16-5-3-15(4-6-16)14-25-11-1-2-12-25/h3-10,19,28H,1-2,11-14,22H2,(H,23,26)(H,24,27)/t19-/m0/s1. The van der Waals surface area contributed by atoms with Crippen molar-refractivity contribution in [2.24, 2.45) is 5.73 Å². The van der Waals surface area contributed by atoms with Crippen LogP contribution in [0, 0.1) is 0 Å². The largest absolute Gasteiger partial charge is 0.339 e. The summed E-state index contributed by atoms with van der Waals surface area (Å²) in [5.41, 5.74) is 10.7. The minimum Gasteiger partial charge on any atom is -0.339 e. The van der Waals surface area contributed by atoms with Gasteiger partial charge >= 0.3 is 0 Å². The van der Waals surface area contributed by atoms with E-state index < -0.39 is 17.9 Å². The van der Waals surface area contributed by atoms with Crippen LogP contribution in [-0.4, -0.2) is 47.6 Å². The Labute approximate surface area is 164 Å². The summed E-state index contributed by atoms with van der Waals surface area (Å²) >= 11 is 0. The van der Waals surface area contributed by atoms with Gasteiger partial charge in [-0.3, -0.25) is 19.7 Å². The molecule has 7 nitrogen and oxygen atoms in total. The fourth-order valence-corrected chi connectivity index (χ4v) is 3.37. The molecule has 0 aliphatic carbocycles. The summed E-state index contributed by atoms with van der Waals surface area (Å²) < 4.78 is 0. The molecular formula is C21H26N4O3. The predicted octanol–water partition coefficient (Wildman–Crippen LogP) is 1.51. The van der Waals surface area contributed by atoms with Gasteiger partial charge in [-0.1, -0.05) is 36.4 Å². The number of hydroxylamine groups is 1. The van der Waals surface area contributed by atoms with E-state index in [1.807, 2.05) is 12.1 Å². The van der Waals surface area contributed by atoms with Crippen LogP contribution in [0.4, 0.5) is 0 Å². The molecule has 0 radical (unpaired) electrons. The zero-order valence-electron chi connectivity index (χ0n) is 15.7. The Morgan fingerprint density at radius 3 is 2.11 bits per heavy atom. The molecule has 28 heavy (non-hydrogen) atoms. The van der Waals surface area contributed by atoms with Crippen molar-refractivity contribution in [3.05, 3.63) is 59.7 Å². The monoisotopic (exact) mass is 382 g/mol. The molecule has 0 bridgehead atoms. The van der Waals surface area contributed by atoms with E-state index in [4.69, 9.17) is 10.9 Å². The van der Waals surface area contributed by atoms with Gasteiger partial charge in [-0.05, 0) is 54.8 Å². The van der Waals surface area contributed by atoms with E-state index in [9.17, 15) is 9.59 Å². The Hall–Kier alpha value is -2.74. The van der Waals surface area contributed by atoms with Gasteiger partial charge in [-0.25, -0.2) is 5.48 Å². The van der Waals surface area contributed by atoms with Gasteiger partial charge in [0.15, 0.2) is 0 Å². The highest BCUT2D eigenvalue weighted by atomic mass is 16.5. The van der Waals surface area contributed by atoms with Crippen LogP contribution >= 0.6 is 0 Å². The molecule has 5 N–H and O–H groups in total. The molecule has 2 aromatic carbocycles. The molecule has 7 heteroatoms. The van der Waals surface area contributed by atoms with Gasteiger partial charge in [-0.15, -0.1) is 0 Å². The van der Waals surface area contributed by atoms with Gasteiger partial charge in [0.05, 0.1) is 0 Å². The molecule has 0 spiro atoms. The summed E-state index contributed by atoms with van der Waals surface area (Å²) in [6, 6.07) is 14.6.